The van der Waals surface area contributed by atoms with Gasteiger partial charge in [-0.2, -0.15) is 0 Å². The Morgan fingerprint density at radius 3 is 2.36 bits per heavy atom. The maximum absolute atomic E-state index is 11.5. The lowest BCUT2D eigenvalue weighted by molar-refractivity contribution is -0.118. The van der Waals surface area contributed by atoms with Gasteiger partial charge in [0.1, 0.15) is 6.54 Å². The molecule has 2 aromatic carbocycles. The predicted octanol–water partition coefficient (Wildman–Crippen LogP) is 2.37. The molecule has 0 unspecified atom stereocenters. The molecule has 0 radical (unpaired) electrons. The second-order valence-corrected chi connectivity index (χ2v) is 5.51. The van der Waals surface area contributed by atoms with E-state index in [0.29, 0.717) is 6.54 Å². The first-order valence-electron chi connectivity index (χ1n) is 7.41. The van der Waals surface area contributed by atoms with E-state index in [-0.39, 0.29) is 18.5 Å². The van der Waals surface area contributed by atoms with Crippen molar-refractivity contribution in [2.75, 3.05) is 13.1 Å². The Labute approximate surface area is 129 Å². The minimum absolute atomic E-state index is 0.169. The Bertz CT molecular complexity index is 682. The van der Waals surface area contributed by atoms with Gasteiger partial charge in [0.15, 0.2) is 0 Å². The van der Waals surface area contributed by atoms with Gasteiger partial charge in [0.2, 0.25) is 5.91 Å². The van der Waals surface area contributed by atoms with Crippen LogP contribution in [-0.2, 0) is 17.6 Å². The van der Waals surface area contributed by atoms with E-state index in [2.05, 4.69) is 35.6 Å². The van der Waals surface area contributed by atoms with Gasteiger partial charge in [-0.3, -0.25) is 10.1 Å². The van der Waals surface area contributed by atoms with Crippen molar-refractivity contribution in [2.45, 2.75) is 12.8 Å². The first-order valence-corrected chi connectivity index (χ1v) is 7.41. The van der Waals surface area contributed by atoms with E-state index in [1.54, 1.807) is 4.90 Å². The molecule has 4 nitrogen and oxygen atoms in total. The van der Waals surface area contributed by atoms with Gasteiger partial charge >= 0.3 is 6.03 Å². The fourth-order valence-corrected chi connectivity index (χ4v) is 2.65. The summed E-state index contributed by atoms with van der Waals surface area (Å²) in [6.45, 7) is 0.731. The van der Waals surface area contributed by atoms with Crippen LogP contribution < -0.4 is 5.32 Å². The summed E-state index contributed by atoms with van der Waals surface area (Å²) in [6, 6.07) is 18.4. The molecule has 1 heterocycles. The highest BCUT2D eigenvalue weighted by molar-refractivity contribution is 6.01. The first-order chi connectivity index (χ1) is 10.7. The van der Waals surface area contributed by atoms with E-state index in [9.17, 15) is 9.59 Å². The molecule has 1 N–H and O–H groups in total. The highest BCUT2D eigenvalue weighted by atomic mass is 16.2. The Hall–Kier alpha value is -2.62. The summed E-state index contributed by atoms with van der Waals surface area (Å²) in [6.07, 6.45) is 1.65. The van der Waals surface area contributed by atoms with Crippen LogP contribution in [0, 0.1) is 0 Å². The third-order valence-electron chi connectivity index (χ3n) is 3.78. The molecule has 22 heavy (non-hydrogen) atoms. The molecular formula is C18H18N2O2. The number of nitrogens with one attached hydrogen (secondary N) is 1. The minimum atomic E-state index is -0.287. The number of benzene rings is 2. The molecule has 3 amide bonds. The Balaban J connectivity index is 1.62. The zero-order valence-corrected chi connectivity index (χ0v) is 12.3. The predicted molar refractivity (Wildman–Crippen MR) is 84.5 cm³/mol. The van der Waals surface area contributed by atoms with Crippen LogP contribution in [0.1, 0.15) is 16.7 Å². The smallest absolute Gasteiger partial charge is 0.315 e. The van der Waals surface area contributed by atoms with Crippen LogP contribution in [0.15, 0.2) is 54.6 Å². The topological polar surface area (TPSA) is 49.4 Å². The average Bonchev–Trinajstić information content (AvgIpc) is 2.84. The second-order valence-electron chi connectivity index (χ2n) is 5.51. The van der Waals surface area contributed by atoms with Crippen LogP contribution in [0.25, 0.3) is 0 Å². The van der Waals surface area contributed by atoms with E-state index in [1.807, 2.05) is 24.3 Å². The van der Waals surface area contributed by atoms with Crippen LogP contribution in [0.2, 0.25) is 0 Å². The zero-order valence-electron chi connectivity index (χ0n) is 12.3. The van der Waals surface area contributed by atoms with Gasteiger partial charge in [-0.25, -0.2) is 4.79 Å². The largest absolute Gasteiger partial charge is 0.324 e. The lowest BCUT2D eigenvalue weighted by atomic mass is 10.0. The minimum Gasteiger partial charge on any atom is -0.315 e. The van der Waals surface area contributed by atoms with E-state index in [1.165, 1.54) is 16.7 Å². The van der Waals surface area contributed by atoms with E-state index in [4.69, 9.17) is 0 Å². The van der Waals surface area contributed by atoms with Crippen molar-refractivity contribution in [1.82, 2.24) is 10.2 Å². The van der Waals surface area contributed by atoms with Gasteiger partial charge in [0.05, 0.1) is 0 Å². The number of imide groups is 1. The molecule has 4 heteroatoms. The highest BCUT2D eigenvalue weighted by Crippen LogP contribution is 2.12. The third-order valence-corrected chi connectivity index (χ3v) is 3.78. The summed E-state index contributed by atoms with van der Waals surface area (Å²) < 4.78 is 0. The molecule has 0 spiro atoms. The molecule has 0 bridgehead atoms. The Kier molecular flexibility index (Phi) is 4.19. The van der Waals surface area contributed by atoms with E-state index in [0.717, 1.165) is 12.8 Å². The number of urea groups is 1. The van der Waals surface area contributed by atoms with Crippen molar-refractivity contribution in [3.05, 3.63) is 71.3 Å². The lowest BCUT2D eigenvalue weighted by Crippen LogP contribution is -2.30. The number of hydrogen-bond donors (Lipinski definition) is 1. The van der Waals surface area contributed by atoms with Crippen molar-refractivity contribution in [1.29, 1.82) is 0 Å². The second kappa shape index (κ2) is 6.43. The number of rotatable bonds is 5. The quantitative estimate of drug-likeness (QED) is 0.861. The van der Waals surface area contributed by atoms with Gasteiger partial charge in [-0.05, 0) is 29.5 Å². The number of carbonyl (C=O) groups is 2. The SMILES string of the molecule is O=C1CN(CCc2cccc(Cc3ccccc3)c2)C(=O)N1. The van der Waals surface area contributed by atoms with E-state index >= 15 is 0 Å². The van der Waals surface area contributed by atoms with Crippen molar-refractivity contribution in [2.24, 2.45) is 0 Å². The van der Waals surface area contributed by atoms with Crippen LogP contribution in [0.4, 0.5) is 4.79 Å². The highest BCUT2D eigenvalue weighted by Gasteiger charge is 2.25. The maximum atomic E-state index is 11.5. The molecule has 3 rings (SSSR count). The summed E-state index contributed by atoms with van der Waals surface area (Å²) in [5.41, 5.74) is 3.72. The van der Waals surface area contributed by atoms with Gasteiger partial charge in [0, 0.05) is 6.54 Å². The molecule has 2 aromatic rings. The van der Waals surface area contributed by atoms with Crippen LogP contribution >= 0.6 is 0 Å². The van der Waals surface area contributed by atoms with Gasteiger partial charge in [0.25, 0.3) is 0 Å². The van der Waals surface area contributed by atoms with Crippen molar-refractivity contribution < 1.29 is 9.59 Å². The molecule has 1 aliphatic heterocycles. The van der Waals surface area contributed by atoms with Crippen molar-refractivity contribution in [3.63, 3.8) is 0 Å². The fourth-order valence-electron chi connectivity index (χ4n) is 2.65. The molecule has 0 aliphatic carbocycles. The zero-order chi connectivity index (χ0) is 15.4. The van der Waals surface area contributed by atoms with Gasteiger partial charge in [-0.1, -0.05) is 54.6 Å². The molecule has 0 saturated carbocycles. The monoisotopic (exact) mass is 294 g/mol. The molecule has 1 fully saturated rings. The Morgan fingerprint density at radius 2 is 1.64 bits per heavy atom. The molecule has 112 valence electrons. The summed E-state index contributed by atoms with van der Waals surface area (Å²) in [5, 5.41) is 2.30. The van der Waals surface area contributed by atoms with Gasteiger partial charge in [-0.15, -0.1) is 0 Å². The van der Waals surface area contributed by atoms with Crippen LogP contribution in [0.3, 0.4) is 0 Å². The maximum Gasteiger partial charge on any atom is 0.324 e. The fraction of sp³-hybridized carbons (Fsp3) is 0.222. The summed E-state index contributed by atoms with van der Waals surface area (Å²) in [5.74, 6) is -0.220. The summed E-state index contributed by atoms with van der Waals surface area (Å²) >= 11 is 0. The third kappa shape index (κ3) is 3.52. The molecule has 0 atom stereocenters. The number of amides is 3. The molecule has 1 saturated heterocycles. The van der Waals surface area contributed by atoms with Gasteiger partial charge < -0.3 is 4.90 Å². The average molecular weight is 294 g/mol. The number of carbonyl (C=O) groups excluding carboxylic acids is 2. The van der Waals surface area contributed by atoms with Crippen LogP contribution in [-0.4, -0.2) is 29.9 Å². The standard InChI is InChI=1S/C18H18N2O2/c21-17-13-20(18(22)19-17)10-9-15-7-4-8-16(12-15)11-14-5-2-1-3-6-14/h1-8,12H,9-11,13H2,(H,19,21,22). The molecule has 0 aromatic heterocycles. The molecule has 1 aliphatic rings. The number of hydrogen-bond acceptors (Lipinski definition) is 2. The van der Waals surface area contributed by atoms with E-state index < -0.39 is 0 Å². The lowest BCUT2D eigenvalue weighted by Gasteiger charge is -2.13. The first kappa shape index (κ1) is 14.3. The van der Waals surface area contributed by atoms with Crippen LogP contribution in [0.5, 0.6) is 0 Å². The van der Waals surface area contributed by atoms with Crippen molar-refractivity contribution in [3.8, 4) is 0 Å². The summed E-state index contributed by atoms with van der Waals surface area (Å²) in [4.78, 5) is 24.2. The molecular weight excluding hydrogens is 276 g/mol. The number of nitrogens with zero attached hydrogens (tertiary/aromatic N) is 1. The van der Waals surface area contributed by atoms with Crippen molar-refractivity contribution >= 4 is 11.9 Å². The Morgan fingerprint density at radius 1 is 0.909 bits per heavy atom. The normalized spacial score (nSPS) is 14.3. The summed E-state index contributed by atoms with van der Waals surface area (Å²) in [7, 11) is 0.